The van der Waals surface area contributed by atoms with E-state index in [1.807, 2.05) is 34.7 Å². The number of esters is 2. The summed E-state index contributed by atoms with van der Waals surface area (Å²) in [6.45, 7) is 14.6. The van der Waals surface area contributed by atoms with Crippen LogP contribution in [-0.2, 0) is 28.5 Å². The van der Waals surface area contributed by atoms with Crippen LogP contribution in [0.15, 0.2) is 36.0 Å². The molecule has 12 nitrogen and oxygen atoms in total. The molecular weight excluding hydrogens is 620 g/mol. The van der Waals surface area contributed by atoms with E-state index in [1.165, 1.54) is 6.92 Å². The Labute approximate surface area is 285 Å². The third kappa shape index (κ3) is 11.7. The van der Waals surface area contributed by atoms with Crippen LogP contribution in [0.2, 0.25) is 0 Å². The average molecular weight is 679 g/mol. The van der Waals surface area contributed by atoms with E-state index in [9.17, 15) is 29.7 Å². The number of cyclic esters (lactones) is 1. The average Bonchev–Trinajstić information content (AvgIpc) is 3.77. The van der Waals surface area contributed by atoms with Crippen LogP contribution in [0.5, 0.6) is 0 Å². The summed E-state index contributed by atoms with van der Waals surface area (Å²) in [4.78, 5) is 42.2. The second kappa shape index (κ2) is 17.2. The van der Waals surface area contributed by atoms with Crippen LogP contribution >= 0.6 is 0 Å². The number of allylic oxidation sites excluding steroid dienone is 2. The van der Waals surface area contributed by atoms with Gasteiger partial charge in [-0.2, -0.15) is 0 Å². The van der Waals surface area contributed by atoms with Gasteiger partial charge < -0.3 is 44.1 Å². The van der Waals surface area contributed by atoms with Gasteiger partial charge in [-0.25, -0.2) is 4.79 Å². The van der Waals surface area contributed by atoms with Gasteiger partial charge in [-0.1, -0.05) is 45.1 Å². The zero-order chi connectivity index (χ0) is 35.8. The van der Waals surface area contributed by atoms with Crippen molar-refractivity contribution in [2.45, 2.75) is 128 Å². The second-order valence-electron chi connectivity index (χ2n) is 14.4. The number of rotatable bonds is 10. The van der Waals surface area contributed by atoms with E-state index < -0.39 is 59.6 Å². The summed E-state index contributed by atoms with van der Waals surface area (Å²) in [5.74, 6) is -1.56. The SMILES string of the molecule is CC[C@H](O)[C@@H](C)[C@H]1O[C@@H]1C[C@@](C)(O)/C=C/C=C(\C)[C@H]1OC(=O)C[C@H](O)CC[C@@](C)(OC(=O)N2CCN(C)CC2)[C@@H](OC(C)=O)/C=C/[C@@H]1C. The molecule has 0 aromatic heterocycles. The molecule has 2 fully saturated rings. The first-order valence-corrected chi connectivity index (χ1v) is 17.3. The standard InChI is InChI=1S/C36H58N2O10/c1-9-28(41)25(4)33-29(46-33)22-35(6,44)15-10-11-23(2)32-24(3)12-13-30(45-26(5)39)36(7,16-14-27(40)21-31(42)47-32)48-34(43)38-19-17-37(8)18-20-38/h10-13,15,24-25,27-30,32-33,40-41,44H,9,14,16-22H2,1-8H3/b13-12+,15-10+,23-11+/t24-,25+,27+,28-,29+,30-,32+,33+,35-,36+/m0/s1. The number of aliphatic hydroxyl groups excluding tert-OH is 2. The third-order valence-electron chi connectivity index (χ3n) is 9.72. The Kier molecular flexibility index (Phi) is 14.3. The van der Waals surface area contributed by atoms with E-state index in [0.29, 0.717) is 44.6 Å². The van der Waals surface area contributed by atoms with Crippen molar-refractivity contribution >= 4 is 18.0 Å². The van der Waals surface area contributed by atoms with Crippen molar-refractivity contribution in [3.05, 3.63) is 36.0 Å². The highest BCUT2D eigenvalue weighted by molar-refractivity contribution is 5.71. The predicted molar refractivity (Wildman–Crippen MR) is 180 cm³/mol. The molecule has 0 bridgehead atoms. The first-order valence-electron chi connectivity index (χ1n) is 17.3. The maximum absolute atomic E-state index is 13.3. The minimum Gasteiger partial charge on any atom is -0.457 e. The van der Waals surface area contributed by atoms with Crippen LogP contribution < -0.4 is 0 Å². The molecule has 272 valence electrons. The molecule has 48 heavy (non-hydrogen) atoms. The highest BCUT2D eigenvalue weighted by Gasteiger charge is 2.47. The highest BCUT2D eigenvalue weighted by Crippen LogP contribution is 2.38. The minimum atomic E-state index is -1.32. The quantitative estimate of drug-likeness (QED) is 0.102. The van der Waals surface area contributed by atoms with Gasteiger partial charge in [0, 0.05) is 51.4 Å². The number of ether oxygens (including phenoxy) is 4. The second-order valence-corrected chi connectivity index (χ2v) is 14.4. The summed E-state index contributed by atoms with van der Waals surface area (Å²) < 4.78 is 23.4. The van der Waals surface area contributed by atoms with Gasteiger partial charge >= 0.3 is 18.0 Å². The van der Waals surface area contributed by atoms with Gasteiger partial charge in [-0.05, 0) is 58.7 Å². The summed E-state index contributed by atoms with van der Waals surface area (Å²) in [6.07, 6.45) is 5.55. The van der Waals surface area contributed by atoms with Gasteiger partial charge in [0.15, 0.2) is 11.7 Å². The van der Waals surface area contributed by atoms with Crippen molar-refractivity contribution in [2.75, 3.05) is 33.2 Å². The first-order chi connectivity index (χ1) is 22.4. The van der Waals surface area contributed by atoms with E-state index in [0.717, 1.165) is 0 Å². The van der Waals surface area contributed by atoms with Crippen molar-refractivity contribution in [3.63, 3.8) is 0 Å². The number of piperazine rings is 1. The Balaban J connectivity index is 1.80. The molecule has 0 aromatic carbocycles. The zero-order valence-electron chi connectivity index (χ0n) is 30.0. The molecule has 3 aliphatic heterocycles. The molecule has 0 aliphatic carbocycles. The Bertz CT molecular complexity index is 1190. The van der Waals surface area contributed by atoms with E-state index in [2.05, 4.69) is 4.90 Å². The summed E-state index contributed by atoms with van der Waals surface area (Å²) >= 11 is 0. The van der Waals surface area contributed by atoms with E-state index in [-0.39, 0.29) is 37.4 Å². The lowest BCUT2D eigenvalue weighted by Crippen LogP contribution is -2.52. The number of amides is 1. The van der Waals surface area contributed by atoms with Crippen LogP contribution in [-0.4, -0.2) is 124 Å². The van der Waals surface area contributed by atoms with Crippen molar-refractivity contribution in [1.82, 2.24) is 9.80 Å². The third-order valence-corrected chi connectivity index (χ3v) is 9.72. The molecule has 2 saturated heterocycles. The number of carbonyl (C=O) groups excluding carboxylic acids is 3. The molecule has 1 amide bonds. The molecule has 0 aromatic rings. The number of hydrogen-bond acceptors (Lipinski definition) is 11. The molecule has 3 rings (SSSR count). The number of epoxide rings is 1. The van der Waals surface area contributed by atoms with Gasteiger partial charge in [-0.15, -0.1) is 0 Å². The Morgan fingerprint density at radius 3 is 2.50 bits per heavy atom. The van der Waals surface area contributed by atoms with Gasteiger partial charge in [0.25, 0.3) is 0 Å². The van der Waals surface area contributed by atoms with Crippen molar-refractivity contribution in [2.24, 2.45) is 11.8 Å². The van der Waals surface area contributed by atoms with Crippen LogP contribution in [0, 0.1) is 11.8 Å². The lowest BCUT2D eigenvalue weighted by Gasteiger charge is -2.39. The van der Waals surface area contributed by atoms with Crippen LogP contribution in [0.25, 0.3) is 0 Å². The highest BCUT2D eigenvalue weighted by atomic mass is 16.6. The molecule has 0 unspecified atom stereocenters. The van der Waals surface area contributed by atoms with Crippen molar-refractivity contribution < 1.29 is 48.7 Å². The lowest BCUT2D eigenvalue weighted by atomic mass is 9.88. The molecule has 3 aliphatic rings. The summed E-state index contributed by atoms with van der Waals surface area (Å²) in [7, 11) is 1.98. The lowest BCUT2D eigenvalue weighted by molar-refractivity contribution is -0.158. The summed E-state index contributed by atoms with van der Waals surface area (Å²) in [5, 5.41) is 32.0. The topological polar surface area (TPSA) is 159 Å². The Hall–Kier alpha value is -2.77. The van der Waals surface area contributed by atoms with Gasteiger partial charge in [-0.3, -0.25) is 9.59 Å². The monoisotopic (exact) mass is 678 g/mol. The fraction of sp³-hybridized carbons (Fsp3) is 0.750. The molecular formula is C36H58N2O10. The summed E-state index contributed by atoms with van der Waals surface area (Å²) in [6, 6.07) is 0. The maximum atomic E-state index is 13.3. The maximum Gasteiger partial charge on any atom is 0.410 e. The van der Waals surface area contributed by atoms with E-state index in [4.69, 9.17) is 18.9 Å². The van der Waals surface area contributed by atoms with Crippen LogP contribution in [0.1, 0.15) is 80.6 Å². The number of nitrogens with zero attached hydrogens (tertiary/aromatic N) is 2. The predicted octanol–water partition coefficient (Wildman–Crippen LogP) is 3.53. The Morgan fingerprint density at radius 1 is 1.21 bits per heavy atom. The number of aliphatic hydroxyl groups is 3. The fourth-order valence-corrected chi connectivity index (χ4v) is 6.33. The Morgan fingerprint density at radius 2 is 1.88 bits per heavy atom. The molecule has 0 spiro atoms. The molecule has 10 atom stereocenters. The molecule has 12 heteroatoms. The number of carbonyl (C=O) groups is 3. The van der Waals surface area contributed by atoms with Gasteiger partial charge in [0.1, 0.15) is 6.10 Å². The normalized spacial score (nSPS) is 34.2. The largest absolute Gasteiger partial charge is 0.457 e. The molecule has 0 radical (unpaired) electrons. The summed E-state index contributed by atoms with van der Waals surface area (Å²) in [5.41, 5.74) is -1.81. The van der Waals surface area contributed by atoms with Crippen LogP contribution in [0.4, 0.5) is 4.79 Å². The van der Waals surface area contributed by atoms with Crippen molar-refractivity contribution in [1.29, 1.82) is 0 Å². The van der Waals surface area contributed by atoms with Gasteiger partial charge in [0.05, 0.1) is 36.4 Å². The van der Waals surface area contributed by atoms with E-state index >= 15 is 0 Å². The smallest absolute Gasteiger partial charge is 0.410 e. The van der Waals surface area contributed by atoms with Crippen molar-refractivity contribution in [3.8, 4) is 0 Å². The van der Waals surface area contributed by atoms with Gasteiger partial charge in [0.2, 0.25) is 0 Å². The number of hydrogen-bond donors (Lipinski definition) is 3. The molecule has 0 saturated carbocycles. The first kappa shape index (κ1) is 39.7. The minimum absolute atomic E-state index is 0.0203. The number of likely N-dealkylation sites (N-methyl/N-ethyl adjacent to an activating group) is 1. The van der Waals surface area contributed by atoms with E-state index in [1.54, 1.807) is 49.1 Å². The fourth-order valence-electron chi connectivity index (χ4n) is 6.33. The van der Waals surface area contributed by atoms with Crippen LogP contribution in [0.3, 0.4) is 0 Å². The molecule has 3 N–H and O–H groups in total. The zero-order valence-corrected chi connectivity index (χ0v) is 30.0. The molecule has 3 heterocycles.